The van der Waals surface area contributed by atoms with E-state index in [-0.39, 0.29) is 62.6 Å². The van der Waals surface area contributed by atoms with Gasteiger partial charge in [-0.15, -0.1) is 11.3 Å². The first-order chi connectivity index (χ1) is 34.7. The number of carbonyl (C=O) groups is 7. The molecule has 2 fully saturated rings. The summed E-state index contributed by atoms with van der Waals surface area (Å²) in [5, 5.41) is 22.6. The molecule has 0 bridgehead atoms. The number of primary amides is 1. The molecule has 3 heterocycles. The number of nitrogens with zero attached hydrogens (tertiary/aromatic N) is 3. The molecule has 0 aliphatic carbocycles. The van der Waals surface area contributed by atoms with E-state index in [0.717, 1.165) is 21.7 Å². The fraction of sp³-hybridized carbons (Fsp3) is 0.593. The molecule has 7 N–H and O–H groups in total. The van der Waals surface area contributed by atoms with Crippen LogP contribution in [0.3, 0.4) is 0 Å². The Hall–Kier alpha value is -5.79. The van der Waals surface area contributed by atoms with Gasteiger partial charge in [0.25, 0.3) is 0 Å². The van der Waals surface area contributed by atoms with Crippen LogP contribution >= 0.6 is 22.9 Å². The second-order valence-electron chi connectivity index (χ2n) is 22.0. The topological polar surface area (TPSA) is 252 Å². The minimum absolute atomic E-state index is 0.0455. The Morgan fingerprint density at radius 3 is 2.20 bits per heavy atom. The van der Waals surface area contributed by atoms with Gasteiger partial charge in [-0.2, -0.15) is 0 Å². The first kappa shape index (κ1) is 59.1. The third kappa shape index (κ3) is 16.9. The third-order valence-corrected chi connectivity index (χ3v) is 14.4. The molecule has 7 amide bonds. The van der Waals surface area contributed by atoms with Crippen molar-refractivity contribution >= 4 is 64.5 Å². The molecule has 20 heteroatoms. The number of ether oxygens (including phenoxy) is 2. The molecule has 7 atom stereocenters. The van der Waals surface area contributed by atoms with Crippen LogP contribution in [-0.4, -0.2) is 123 Å². The molecule has 0 saturated carbocycles. The zero-order valence-corrected chi connectivity index (χ0v) is 46.1. The Labute approximate surface area is 444 Å². The van der Waals surface area contributed by atoms with Crippen molar-refractivity contribution in [2.24, 2.45) is 17.1 Å². The van der Waals surface area contributed by atoms with Crippen LogP contribution in [-0.2, 0) is 39.9 Å². The highest BCUT2D eigenvalue weighted by Crippen LogP contribution is 2.32. The maximum absolute atomic E-state index is 14.3. The maximum atomic E-state index is 14.3. The average Bonchev–Trinajstić information content (AvgIpc) is 4.08. The van der Waals surface area contributed by atoms with Crippen molar-refractivity contribution in [1.82, 2.24) is 36.1 Å². The lowest BCUT2D eigenvalue weighted by Crippen LogP contribution is -2.57. The number of hydrogen-bond acceptors (Lipinski definition) is 12. The molecule has 0 radical (unpaired) electrons. The van der Waals surface area contributed by atoms with E-state index in [2.05, 4.69) is 26.3 Å². The van der Waals surface area contributed by atoms with Gasteiger partial charge in [-0.3, -0.25) is 28.8 Å². The third-order valence-electron chi connectivity index (χ3n) is 13.0. The number of aromatic nitrogens is 1. The molecule has 2 aliphatic heterocycles. The van der Waals surface area contributed by atoms with Crippen molar-refractivity contribution in [1.29, 1.82) is 0 Å². The van der Waals surface area contributed by atoms with Crippen molar-refractivity contribution in [3.63, 3.8) is 0 Å². The summed E-state index contributed by atoms with van der Waals surface area (Å²) in [5.74, 6) is -2.26. The van der Waals surface area contributed by atoms with Crippen LogP contribution in [0.1, 0.15) is 137 Å². The number of halogens is 1. The average molecular weight is 1070 g/mol. The molecule has 2 saturated heterocycles. The molecule has 4 unspecified atom stereocenters. The predicted octanol–water partition coefficient (Wildman–Crippen LogP) is 6.52. The second-order valence-corrected chi connectivity index (χ2v) is 23.2. The van der Waals surface area contributed by atoms with E-state index in [1.165, 1.54) is 9.80 Å². The Morgan fingerprint density at radius 1 is 0.892 bits per heavy atom. The molecule has 1 aromatic heterocycles. The number of hydrogen-bond donors (Lipinski definition) is 6. The van der Waals surface area contributed by atoms with Gasteiger partial charge in [0.2, 0.25) is 35.4 Å². The molecule has 74 heavy (non-hydrogen) atoms. The Balaban J connectivity index is 1.16. The summed E-state index contributed by atoms with van der Waals surface area (Å²) in [5.41, 5.74) is 9.32. The largest absolute Gasteiger partial charge is 0.490 e. The van der Waals surface area contributed by atoms with Crippen molar-refractivity contribution < 1.29 is 48.1 Å². The number of β-amino-alcohol motifs (C(OH)–C–C–N with tert-alkyl or cyclic N) is 1. The van der Waals surface area contributed by atoms with Crippen LogP contribution in [0, 0.1) is 18.3 Å². The Bertz CT molecular complexity index is 2450. The fourth-order valence-corrected chi connectivity index (χ4v) is 10.3. The minimum atomic E-state index is -1.00. The van der Waals surface area contributed by atoms with E-state index in [4.69, 9.17) is 26.8 Å². The van der Waals surface area contributed by atoms with Crippen LogP contribution in [0.5, 0.6) is 5.75 Å². The summed E-state index contributed by atoms with van der Waals surface area (Å²) in [6.45, 7) is 18.5. The molecular formula is C54H77ClN8O10S. The molecule has 5 rings (SSSR count). The van der Waals surface area contributed by atoms with Crippen molar-refractivity contribution in [3.05, 3.63) is 69.8 Å². The fourth-order valence-electron chi connectivity index (χ4n) is 9.20. The van der Waals surface area contributed by atoms with Crippen LogP contribution in [0.15, 0.2) is 48.0 Å². The van der Waals surface area contributed by atoms with Crippen LogP contribution < -0.4 is 31.7 Å². The number of rotatable bonds is 22. The molecule has 2 aromatic carbocycles. The summed E-state index contributed by atoms with van der Waals surface area (Å²) < 4.78 is 11.6. The number of thiazole rings is 1. The van der Waals surface area contributed by atoms with E-state index in [1.54, 1.807) is 55.8 Å². The predicted molar refractivity (Wildman–Crippen MR) is 284 cm³/mol. The Kier molecular flexibility index (Phi) is 20.9. The van der Waals surface area contributed by atoms with Crippen LogP contribution in [0.25, 0.3) is 10.4 Å². The minimum Gasteiger partial charge on any atom is -0.490 e. The molecule has 2 aliphatic rings. The van der Waals surface area contributed by atoms with E-state index in [1.807, 2.05) is 72.7 Å². The zero-order chi connectivity index (χ0) is 54.7. The van der Waals surface area contributed by atoms with Crippen molar-refractivity contribution in [2.45, 2.75) is 175 Å². The van der Waals surface area contributed by atoms with Gasteiger partial charge >= 0.3 is 6.09 Å². The number of benzene rings is 2. The number of aliphatic hydroxyl groups excluding tert-OH is 1. The van der Waals surface area contributed by atoms with Gasteiger partial charge < -0.3 is 51.4 Å². The number of aryl methyl sites for hydroxylation is 2. The van der Waals surface area contributed by atoms with E-state index in [0.29, 0.717) is 55.0 Å². The standard InChI is InChI=1S/C54H77ClN8O10S/c1-31(2)26-39(60-52(71)73-54(8,9)10)50(69)62-25-13-16-40(62)48(67)59-37(23-24-43(56)65)29-72-42-17-11-14-35(45(42)55)15-12-18-44(66)61-47(53(5,6)7)51(70)63-28-38(64)27-41(63)49(68)58-32(3)34-19-21-36(22-20-34)46-33(4)57-30-74-46/h11,14,17,19-22,30-32,37-41,47,64H,12-13,15-16,18,23-29H2,1-10H3,(H2,56,65)(H,58,68)(H,59,67)(H,60,71)(H,61,66)/t32?,37?,38-,39?,40+,41+,47?/m1/s1. The van der Waals surface area contributed by atoms with Gasteiger partial charge in [-0.05, 0) is 107 Å². The lowest BCUT2D eigenvalue weighted by molar-refractivity contribution is -0.144. The van der Waals surface area contributed by atoms with Gasteiger partial charge in [0, 0.05) is 32.4 Å². The monoisotopic (exact) mass is 1060 g/mol. The van der Waals surface area contributed by atoms with Gasteiger partial charge in [0.15, 0.2) is 0 Å². The first-order valence-electron chi connectivity index (χ1n) is 25.6. The zero-order valence-electron chi connectivity index (χ0n) is 44.5. The SMILES string of the molecule is Cc1ncsc1-c1ccc(C(C)NC(=O)[C@@H]2C[C@@H](O)CN2C(=O)C(NC(=O)CCCc2cccc(OCC(CCC(N)=O)NC(=O)[C@@H]3CCCN3C(=O)C(CC(C)C)NC(=O)OC(C)(C)C)c2Cl)C(C)(C)C)cc1. The van der Waals surface area contributed by atoms with Gasteiger partial charge in [-0.25, -0.2) is 9.78 Å². The van der Waals surface area contributed by atoms with Crippen LogP contribution in [0.2, 0.25) is 5.02 Å². The highest BCUT2D eigenvalue weighted by molar-refractivity contribution is 7.13. The summed E-state index contributed by atoms with van der Waals surface area (Å²) >= 11 is 8.42. The van der Waals surface area contributed by atoms with E-state index in [9.17, 15) is 38.7 Å². The van der Waals surface area contributed by atoms with Crippen molar-refractivity contribution in [3.8, 4) is 16.2 Å². The van der Waals surface area contributed by atoms with Crippen LogP contribution in [0.4, 0.5) is 4.79 Å². The highest BCUT2D eigenvalue weighted by atomic mass is 35.5. The van der Waals surface area contributed by atoms with Gasteiger partial charge in [0.05, 0.1) is 39.3 Å². The number of nitrogens with two attached hydrogens (primary N) is 1. The molecule has 0 spiro atoms. The molecule has 406 valence electrons. The number of likely N-dealkylation sites (tertiary alicyclic amines) is 2. The molecule has 3 aromatic rings. The second kappa shape index (κ2) is 26.1. The smallest absolute Gasteiger partial charge is 0.408 e. The lowest BCUT2D eigenvalue weighted by atomic mass is 9.85. The summed E-state index contributed by atoms with van der Waals surface area (Å²) in [6.07, 6.45) is 0.602. The van der Waals surface area contributed by atoms with Gasteiger partial charge in [-0.1, -0.05) is 82.6 Å². The van der Waals surface area contributed by atoms with E-state index >= 15 is 0 Å². The van der Waals surface area contributed by atoms with Gasteiger partial charge in [0.1, 0.15) is 42.1 Å². The number of aliphatic hydroxyl groups is 1. The lowest BCUT2D eigenvalue weighted by Gasteiger charge is -2.35. The van der Waals surface area contributed by atoms with E-state index < -0.39 is 77.1 Å². The normalized spacial score (nSPS) is 18.5. The Morgan fingerprint density at radius 2 is 1.58 bits per heavy atom. The number of carbonyl (C=O) groups excluding carboxylic acids is 7. The maximum Gasteiger partial charge on any atom is 0.408 e. The summed E-state index contributed by atoms with van der Waals surface area (Å²) in [7, 11) is 0. The number of amides is 7. The highest BCUT2D eigenvalue weighted by Gasteiger charge is 2.45. The first-order valence-corrected chi connectivity index (χ1v) is 26.9. The quantitative estimate of drug-likeness (QED) is 0.0632. The molecular weight excluding hydrogens is 988 g/mol. The summed E-state index contributed by atoms with van der Waals surface area (Å²) in [6, 6.07) is 8.34. The number of nitrogens with one attached hydrogen (secondary N) is 4. The van der Waals surface area contributed by atoms with Crippen molar-refractivity contribution in [2.75, 3.05) is 19.7 Å². The molecule has 18 nitrogen and oxygen atoms in total. The number of alkyl carbamates (subject to hydrolysis) is 1. The summed E-state index contributed by atoms with van der Waals surface area (Å²) in [4.78, 5) is 102.